The highest BCUT2D eigenvalue weighted by molar-refractivity contribution is 6.30. The summed E-state index contributed by atoms with van der Waals surface area (Å²) in [6.45, 7) is 6.20. The van der Waals surface area contributed by atoms with E-state index in [0.717, 1.165) is 6.42 Å². The topological polar surface area (TPSA) is 84.8 Å². The molecule has 0 saturated heterocycles. The molecule has 8 heteroatoms. The SMILES string of the molecule is CCCOc1ccc(Cl)cc1C(c1c(C)[nH]n(-c2ccccc2)c1=O)c1c(C)[nH]n(-c2ccccc2)c1=O. The molecule has 0 atom stereocenters. The maximum absolute atomic E-state index is 14.0. The fraction of sp³-hybridized carbons (Fsp3) is 0.200. The molecular formula is C30H29ClN4O3. The molecule has 0 aliphatic carbocycles. The molecule has 0 spiro atoms. The van der Waals surface area contributed by atoms with E-state index in [-0.39, 0.29) is 11.1 Å². The lowest BCUT2D eigenvalue weighted by Crippen LogP contribution is -2.25. The van der Waals surface area contributed by atoms with Crippen LogP contribution in [0.15, 0.2) is 88.5 Å². The van der Waals surface area contributed by atoms with Crippen LogP contribution >= 0.6 is 11.6 Å². The molecule has 2 N–H and O–H groups in total. The van der Waals surface area contributed by atoms with E-state index in [0.29, 0.717) is 56.8 Å². The minimum atomic E-state index is -0.733. The van der Waals surface area contributed by atoms with E-state index in [1.807, 2.05) is 81.4 Å². The summed E-state index contributed by atoms with van der Waals surface area (Å²) in [7, 11) is 0. The second kappa shape index (κ2) is 10.6. The number of halogens is 1. The third kappa shape index (κ3) is 4.61. The van der Waals surface area contributed by atoms with Crippen LogP contribution < -0.4 is 15.9 Å². The molecule has 7 nitrogen and oxygen atoms in total. The number of rotatable bonds is 8. The van der Waals surface area contributed by atoms with Crippen molar-refractivity contribution in [3.05, 3.63) is 133 Å². The third-order valence-corrected chi connectivity index (χ3v) is 6.82. The number of H-pyrrole nitrogens is 2. The molecule has 0 saturated carbocycles. The quantitative estimate of drug-likeness (QED) is 0.263. The Bertz CT molecular complexity index is 1580. The normalized spacial score (nSPS) is 11.3. The van der Waals surface area contributed by atoms with Gasteiger partial charge in [-0.05, 0) is 62.7 Å². The van der Waals surface area contributed by atoms with Crippen molar-refractivity contribution < 1.29 is 4.74 Å². The van der Waals surface area contributed by atoms with Crippen molar-refractivity contribution in [2.75, 3.05) is 6.61 Å². The van der Waals surface area contributed by atoms with Crippen LogP contribution in [0.25, 0.3) is 11.4 Å². The van der Waals surface area contributed by atoms with Gasteiger partial charge in [-0.1, -0.05) is 54.9 Å². The molecule has 38 heavy (non-hydrogen) atoms. The zero-order valence-electron chi connectivity index (χ0n) is 21.5. The standard InChI is InChI=1S/C30H29ClN4O3/c1-4-17-38-25-16-15-21(31)18-24(25)28(26-19(2)32-34(29(26)36)22-11-7-5-8-12-22)27-20(3)33-35(30(27)37)23-13-9-6-10-14-23/h5-16,18,28,32-33H,4,17H2,1-3H3. The molecule has 5 rings (SSSR count). The van der Waals surface area contributed by atoms with Gasteiger partial charge < -0.3 is 4.74 Å². The molecule has 3 aromatic carbocycles. The summed E-state index contributed by atoms with van der Waals surface area (Å²) >= 11 is 6.49. The van der Waals surface area contributed by atoms with Gasteiger partial charge in [0.1, 0.15) is 5.75 Å². The number of benzene rings is 3. The van der Waals surface area contributed by atoms with Crippen LogP contribution in [0.2, 0.25) is 5.02 Å². The number of aromatic nitrogens is 4. The Balaban J connectivity index is 1.81. The summed E-state index contributed by atoms with van der Waals surface area (Å²) in [5, 5.41) is 6.92. The molecule has 0 unspecified atom stereocenters. The average Bonchev–Trinajstić information content (AvgIpc) is 3.39. The van der Waals surface area contributed by atoms with Crippen LogP contribution in [0.5, 0.6) is 5.75 Å². The molecule has 2 aromatic heterocycles. The van der Waals surface area contributed by atoms with Crippen LogP contribution in [0, 0.1) is 13.8 Å². The predicted molar refractivity (Wildman–Crippen MR) is 150 cm³/mol. The van der Waals surface area contributed by atoms with Crippen LogP contribution in [0.4, 0.5) is 0 Å². The number of hydrogen-bond acceptors (Lipinski definition) is 3. The Morgan fingerprint density at radius 3 is 1.76 bits per heavy atom. The zero-order valence-corrected chi connectivity index (χ0v) is 22.3. The minimum absolute atomic E-state index is 0.244. The van der Waals surface area contributed by atoms with Gasteiger partial charge in [-0.2, -0.15) is 0 Å². The van der Waals surface area contributed by atoms with E-state index in [9.17, 15) is 9.59 Å². The van der Waals surface area contributed by atoms with Crippen LogP contribution in [-0.2, 0) is 0 Å². The van der Waals surface area contributed by atoms with Crippen molar-refractivity contribution in [1.29, 1.82) is 0 Å². The summed E-state index contributed by atoms with van der Waals surface area (Å²) in [6, 6.07) is 24.1. The lowest BCUT2D eigenvalue weighted by Gasteiger charge is -2.20. The first kappa shape index (κ1) is 25.4. The highest BCUT2D eigenvalue weighted by Crippen LogP contribution is 2.39. The van der Waals surface area contributed by atoms with Crippen molar-refractivity contribution in [3.8, 4) is 17.1 Å². The Labute approximate surface area is 225 Å². The molecule has 0 fully saturated rings. The Kier molecular flexibility index (Phi) is 7.11. The Hall–Kier alpha value is -4.23. The number of ether oxygens (including phenoxy) is 1. The van der Waals surface area contributed by atoms with Crippen LogP contribution in [0.3, 0.4) is 0 Å². The average molecular weight is 529 g/mol. The van der Waals surface area contributed by atoms with Gasteiger partial charge in [0.25, 0.3) is 11.1 Å². The van der Waals surface area contributed by atoms with E-state index in [4.69, 9.17) is 16.3 Å². The maximum atomic E-state index is 14.0. The fourth-order valence-corrected chi connectivity index (χ4v) is 5.04. The second-order valence-corrected chi connectivity index (χ2v) is 9.65. The molecule has 0 amide bonds. The number of nitrogens with zero attached hydrogens (tertiary/aromatic N) is 2. The van der Waals surface area contributed by atoms with E-state index in [2.05, 4.69) is 10.2 Å². The summed E-state index contributed by atoms with van der Waals surface area (Å²) in [6.07, 6.45) is 0.806. The summed E-state index contributed by atoms with van der Waals surface area (Å²) in [4.78, 5) is 28.1. The highest BCUT2D eigenvalue weighted by atomic mass is 35.5. The van der Waals surface area contributed by atoms with Crippen molar-refractivity contribution in [2.45, 2.75) is 33.1 Å². The highest BCUT2D eigenvalue weighted by Gasteiger charge is 2.33. The summed E-state index contributed by atoms with van der Waals surface area (Å²) in [5.74, 6) is -0.151. The van der Waals surface area contributed by atoms with Gasteiger partial charge in [-0.3, -0.25) is 19.8 Å². The molecule has 2 heterocycles. The number of para-hydroxylation sites is 2. The lowest BCUT2D eigenvalue weighted by molar-refractivity contribution is 0.313. The first-order chi connectivity index (χ1) is 18.4. The monoisotopic (exact) mass is 528 g/mol. The van der Waals surface area contributed by atoms with E-state index in [1.165, 1.54) is 9.36 Å². The fourth-order valence-electron chi connectivity index (χ4n) is 4.86. The number of aromatic amines is 2. The molecule has 0 aliphatic heterocycles. The van der Waals surface area contributed by atoms with Gasteiger partial charge >= 0.3 is 0 Å². The zero-order chi connectivity index (χ0) is 26.8. The van der Waals surface area contributed by atoms with Gasteiger partial charge in [0, 0.05) is 22.0 Å². The van der Waals surface area contributed by atoms with Crippen LogP contribution in [-0.4, -0.2) is 26.2 Å². The predicted octanol–water partition coefficient (Wildman–Crippen LogP) is 5.88. The van der Waals surface area contributed by atoms with Gasteiger partial charge in [-0.15, -0.1) is 0 Å². The third-order valence-electron chi connectivity index (χ3n) is 6.58. The first-order valence-electron chi connectivity index (χ1n) is 12.6. The molecule has 0 radical (unpaired) electrons. The van der Waals surface area contributed by atoms with Gasteiger partial charge in [0.15, 0.2) is 0 Å². The van der Waals surface area contributed by atoms with Crippen molar-refractivity contribution >= 4 is 11.6 Å². The maximum Gasteiger partial charge on any atom is 0.275 e. The molecule has 5 aromatic rings. The van der Waals surface area contributed by atoms with E-state index >= 15 is 0 Å². The number of hydrogen-bond donors (Lipinski definition) is 2. The molecular weight excluding hydrogens is 500 g/mol. The van der Waals surface area contributed by atoms with E-state index in [1.54, 1.807) is 18.2 Å². The minimum Gasteiger partial charge on any atom is -0.493 e. The molecule has 194 valence electrons. The number of nitrogens with one attached hydrogen (secondary N) is 2. The van der Waals surface area contributed by atoms with Gasteiger partial charge in [-0.25, -0.2) is 9.36 Å². The number of aryl methyl sites for hydroxylation is 2. The largest absolute Gasteiger partial charge is 0.493 e. The summed E-state index contributed by atoms with van der Waals surface area (Å²) < 4.78 is 9.12. The van der Waals surface area contributed by atoms with Crippen molar-refractivity contribution in [2.24, 2.45) is 0 Å². The molecule has 0 aliphatic rings. The lowest BCUT2D eigenvalue weighted by atomic mass is 9.84. The molecule has 0 bridgehead atoms. The second-order valence-electron chi connectivity index (χ2n) is 9.22. The van der Waals surface area contributed by atoms with Crippen molar-refractivity contribution in [1.82, 2.24) is 19.6 Å². The van der Waals surface area contributed by atoms with Crippen LogP contribution in [0.1, 0.15) is 47.3 Å². The van der Waals surface area contributed by atoms with Crippen molar-refractivity contribution in [3.63, 3.8) is 0 Å². The van der Waals surface area contributed by atoms with Gasteiger partial charge in [0.2, 0.25) is 0 Å². The Morgan fingerprint density at radius 2 is 1.29 bits per heavy atom. The first-order valence-corrected chi connectivity index (χ1v) is 12.9. The Morgan fingerprint density at radius 1 is 0.789 bits per heavy atom. The smallest absolute Gasteiger partial charge is 0.275 e. The van der Waals surface area contributed by atoms with E-state index < -0.39 is 5.92 Å². The summed E-state index contributed by atoms with van der Waals surface area (Å²) in [5.41, 5.74) is 3.78. The van der Waals surface area contributed by atoms with Gasteiger partial charge in [0.05, 0.1) is 35.0 Å².